The zero-order chi connectivity index (χ0) is 39.2. The molecular weight excluding hydrogens is 709 g/mol. The molecule has 0 bridgehead atoms. The molecule has 0 fully saturated rings. The zero-order valence-corrected chi connectivity index (χ0v) is 30.8. The highest BCUT2D eigenvalue weighted by atomic mass is 15.0. The fourth-order valence-electron chi connectivity index (χ4n) is 7.97. The van der Waals surface area contributed by atoms with Crippen LogP contribution < -0.4 is 0 Å². The van der Waals surface area contributed by atoms with Gasteiger partial charge >= 0.3 is 0 Å². The predicted octanol–water partition coefficient (Wildman–Crippen LogP) is 12.3. The van der Waals surface area contributed by atoms with E-state index in [1.807, 2.05) is 54.6 Å². The number of fused-ring (bicyclic) bond motifs is 3. The van der Waals surface area contributed by atoms with Gasteiger partial charge in [0, 0.05) is 16.7 Å². The van der Waals surface area contributed by atoms with Crippen molar-refractivity contribution in [2.24, 2.45) is 0 Å². The quantitative estimate of drug-likeness (QED) is 0.168. The molecule has 1 heterocycles. The van der Waals surface area contributed by atoms with Crippen LogP contribution in [0.3, 0.4) is 0 Å². The maximum absolute atomic E-state index is 9.98. The molecule has 9 aromatic rings. The number of nitriles is 3. The van der Waals surface area contributed by atoms with Crippen LogP contribution in [0.15, 0.2) is 170 Å². The van der Waals surface area contributed by atoms with Gasteiger partial charge in [-0.1, -0.05) is 103 Å². The zero-order valence-electron chi connectivity index (χ0n) is 30.8. The molecule has 1 aliphatic carbocycles. The highest BCUT2D eigenvalue weighted by Crippen LogP contribution is 2.49. The average Bonchev–Trinajstić information content (AvgIpc) is 3.63. The number of hydrogen-bond donors (Lipinski definition) is 0. The Labute approximate surface area is 334 Å². The molecule has 0 atom stereocenters. The third-order valence-corrected chi connectivity index (χ3v) is 10.8. The standard InChI is InChI=1S/C52H28N6/c53-29-32-11-16-36(17-12-32)50-56-51(37-18-13-33(30-54)14-19-37)58-52(57-50)38-22-20-35(21-23-38)41-24-15-34(31-55)27-48(41)40-6-3-5-39(28-40)42-25-26-47-44-8-2-1-7-43(44)46-10-4-9-45(42)49(46)47/h1-28H. The lowest BCUT2D eigenvalue weighted by atomic mass is 9.89. The molecule has 8 aromatic carbocycles. The van der Waals surface area contributed by atoms with E-state index >= 15 is 0 Å². The van der Waals surface area contributed by atoms with Gasteiger partial charge in [0.25, 0.3) is 0 Å². The summed E-state index contributed by atoms with van der Waals surface area (Å²) in [5.41, 5.74) is 15.2. The topological polar surface area (TPSA) is 110 Å². The molecule has 0 N–H and O–H groups in total. The molecule has 0 unspecified atom stereocenters. The summed E-state index contributed by atoms with van der Waals surface area (Å²) < 4.78 is 0. The SMILES string of the molecule is N#Cc1ccc(-c2nc(-c3ccc(C#N)cc3)nc(-c3ccc(-c4ccc(C#N)cc4-c4cccc(-c5ccc6c7c(cccc57)-c5ccccc5-6)c4)cc3)n2)cc1. The summed E-state index contributed by atoms with van der Waals surface area (Å²) in [5.74, 6) is 1.43. The van der Waals surface area contributed by atoms with Crippen LogP contribution in [0.1, 0.15) is 16.7 Å². The predicted molar refractivity (Wildman–Crippen MR) is 229 cm³/mol. The molecule has 58 heavy (non-hydrogen) atoms. The van der Waals surface area contributed by atoms with E-state index in [4.69, 9.17) is 15.0 Å². The Morgan fingerprint density at radius 1 is 0.293 bits per heavy atom. The van der Waals surface area contributed by atoms with Crippen molar-refractivity contribution in [3.8, 4) is 108 Å². The molecule has 1 aliphatic rings. The van der Waals surface area contributed by atoms with Crippen molar-refractivity contribution < 1.29 is 0 Å². The smallest absolute Gasteiger partial charge is 0.164 e. The number of nitrogens with zero attached hydrogens (tertiary/aromatic N) is 6. The van der Waals surface area contributed by atoms with Crippen LogP contribution in [-0.4, -0.2) is 15.0 Å². The highest BCUT2D eigenvalue weighted by molar-refractivity contribution is 6.18. The number of hydrogen-bond acceptors (Lipinski definition) is 6. The van der Waals surface area contributed by atoms with E-state index in [2.05, 4.69) is 109 Å². The molecule has 0 saturated carbocycles. The Balaban J connectivity index is 1.04. The Morgan fingerprint density at radius 2 is 0.724 bits per heavy atom. The molecule has 6 nitrogen and oxygen atoms in total. The molecular formula is C52H28N6. The van der Waals surface area contributed by atoms with Gasteiger partial charge in [-0.25, -0.2) is 15.0 Å². The van der Waals surface area contributed by atoms with Crippen molar-refractivity contribution in [3.63, 3.8) is 0 Å². The van der Waals surface area contributed by atoms with Crippen molar-refractivity contribution in [3.05, 3.63) is 187 Å². The van der Waals surface area contributed by atoms with Gasteiger partial charge in [0.15, 0.2) is 17.5 Å². The average molecular weight is 737 g/mol. The van der Waals surface area contributed by atoms with Gasteiger partial charge in [0.2, 0.25) is 0 Å². The van der Waals surface area contributed by atoms with E-state index < -0.39 is 0 Å². The van der Waals surface area contributed by atoms with Gasteiger partial charge in [-0.2, -0.15) is 15.8 Å². The number of rotatable bonds is 6. The van der Waals surface area contributed by atoms with Gasteiger partial charge in [-0.3, -0.25) is 0 Å². The maximum Gasteiger partial charge on any atom is 0.164 e. The lowest BCUT2D eigenvalue weighted by molar-refractivity contribution is 1.07. The van der Waals surface area contributed by atoms with Gasteiger partial charge < -0.3 is 0 Å². The second-order valence-electron chi connectivity index (χ2n) is 14.1. The molecule has 10 rings (SSSR count). The molecule has 0 saturated heterocycles. The first-order valence-electron chi connectivity index (χ1n) is 18.8. The largest absolute Gasteiger partial charge is 0.208 e. The van der Waals surface area contributed by atoms with Crippen LogP contribution in [0.5, 0.6) is 0 Å². The normalized spacial score (nSPS) is 11.1. The van der Waals surface area contributed by atoms with Crippen molar-refractivity contribution in [2.45, 2.75) is 0 Å². The molecule has 0 amide bonds. The van der Waals surface area contributed by atoms with Crippen molar-refractivity contribution >= 4 is 10.8 Å². The van der Waals surface area contributed by atoms with Crippen LogP contribution in [0, 0.1) is 34.0 Å². The van der Waals surface area contributed by atoms with Crippen molar-refractivity contribution in [1.82, 2.24) is 15.0 Å². The van der Waals surface area contributed by atoms with Crippen LogP contribution >= 0.6 is 0 Å². The van der Waals surface area contributed by atoms with Crippen LogP contribution in [0.25, 0.3) is 101 Å². The van der Waals surface area contributed by atoms with Gasteiger partial charge in [0.05, 0.1) is 34.9 Å². The monoisotopic (exact) mass is 736 g/mol. The lowest BCUT2D eigenvalue weighted by Gasteiger charge is -2.14. The minimum absolute atomic E-state index is 0.469. The molecule has 0 radical (unpaired) electrons. The fourth-order valence-corrected chi connectivity index (χ4v) is 7.97. The highest BCUT2D eigenvalue weighted by Gasteiger charge is 2.22. The second-order valence-corrected chi connectivity index (χ2v) is 14.1. The Morgan fingerprint density at radius 3 is 1.29 bits per heavy atom. The third kappa shape index (κ3) is 5.85. The summed E-state index contributed by atoms with van der Waals surface area (Å²) in [7, 11) is 0. The van der Waals surface area contributed by atoms with Crippen LogP contribution in [-0.2, 0) is 0 Å². The van der Waals surface area contributed by atoms with Gasteiger partial charge in [-0.15, -0.1) is 0 Å². The lowest BCUT2D eigenvalue weighted by Crippen LogP contribution is -2.00. The summed E-state index contributed by atoms with van der Waals surface area (Å²) in [4.78, 5) is 14.5. The number of aromatic nitrogens is 3. The summed E-state index contributed by atoms with van der Waals surface area (Å²) in [6.07, 6.45) is 0. The van der Waals surface area contributed by atoms with E-state index in [1.54, 1.807) is 24.3 Å². The first kappa shape index (κ1) is 34.0. The van der Waals surface area contributed by atoms with E-state index in [0.717, 1.165) is 50.1 Å². The summed E-state index contributed by atoms with van der Waals surface area (Å²) in [6, 6.07) is 63.1. The van der Waals surface area contributed by atoms with Gasteiger partial charge in [0.1, 0.15) is 0 Å². The third-order valence-electron chi connectivity index (χ3n) is 10.8. The maximum atomic E-state index is 9.98. The minimum atomic E-state index is 0.469. The summed E-state index contributed by atoms with van der Waals surface area (Å²) >= 11 is 0. The van der Waals surface area contributed by atoms with E-state index in [9.17, 15) is 15.8 Å². The summed E-state index contributed by atoms with van der Waals surface area (Å²) in [6.45, 7) is 0. The summed E-state index contributed by atoms with van der Waals surface area (Å²) in [5, 5.41) is 31.2. The molecule has 0 aliphatic heterocycles. The van der Waals surface area contributed by atoms with E-state index in [1.165, 1.54) is 33.0 Å². The minimum Gasteiger partial charge on any atom is -0.208 e. The van der Waals surface area contributed by atoms with Crippen molar-refractivity contribution in [1.29, 1.82) is 15.8 Å². The van der Waals surface area contributed by atoms with Crippen LogP contribution in [0.2, 0.25) is 0 Å². The Kier molecular flexibility index (Phi) is 8.20. The Bertz CT molecular complexity index is 3130. The first-order chi connectivity index (χ1) is 28.6. The van der Waals surface area contributed by atoms with Gasteiger partial charge in [-0.05, 0) is 133 Å². The Hall–Kier alpha value is -8.50. The molecule has 6 heteroatoms. The molecule has 1 aromatic heterocycles. The molecule has 266 valence electrons. The van der Waals surface area contributed by atoms with E-state index in [0.29, 0.717) is 34.2 Å². The second kappa shape index (κ2) is 14.0. The number of benzene rings is 8. The fraction of sp³-hybridized carbons (Fsp3) is 0. The molecule has 0 spiro atoms. The van der Waals surface area contributed by atoms with E-state index in [-0.39, 0.29) is 0 Å². The van der Waals surface area contributed by atoms with Crippen molar-refractivity contribution in [2.75, 3.05) is 0 Å². The first-order valence-corrected chi connectivity index (χ1v) is 18.8. The van der Waals surface area contributed by atoms with Crippen LogP contribution in [0.4, 0.5) is 0 Å².